The Morgan fingerprint density at radius 3 is 1.90 bits per heavy atom. The zero-order valence-electron chi connectivity index (χ0n) is 15.9. The first-order valence-corrected chi connectivity index (χ1v) is 10.9. The van der Waals surface area contributed by atoms with Gasteiger partial charge in [-0.05, 0) is 26.0 Å². The molecule has 6 nitrogen and oxygen atoms in total. The van der Waals surface area contributed by atoms with Gasteiger partial charge in [-0.3, -0.25) is 0 Å². The number of hydrazone groups is 1. The number of aryl methyl sites for hydroxylation is 2. The lowest BCUT2D eigenvalue weighted by Gasteiger charge is -2.32. The van der Waals surface area contributed by atoms with E-state index in [0.29, 0.717) is 0 Å². The summed E-state index contributed by atoms with van der Waals surface area (Å²) in [5.74, 6) is 0.802. The Morgan fingerprint density at radius 2 is 1.31 bits per heavy atom. The third kappa shape index (κ3) is 3.26. The van der Waals surface area contributed by atoms with Gasteiger partial charge in [0.15, 0.2) is 5.84 Å². The van der Waals surface area contributed by atoms with Gasteiger partial charge in [0.1, 0.15) is 0 Å². The summed E-state index contributed by atoms with van der Waals surface area (Å²) < 4.78 is 0. The van der Waals surface area contributed by atoms with Crippen LogP contribution in [0.5, 0.6) is 0 Å². The minimum Gasteiger partial charge on any atom is -0.224 e. The summed E-state index contributed by atoms with van der Waals surface area (Å²) in [5, 5.41) is 16.7. The second-order valence-corrected chi connectivity index (χ2v) is 8.23. The molecule has 144 valence electrons. The first-order chi connectivity index (χ1) is 14.2. The van der Waals surface area contributed by atoms with Crippen molar-refractivity contribution in [1.29, 1.82) is 0 Å². The zero-order chi connectivity index (χ0) is 19.8. The van der Waals surface area contributed by atoms with E-state index in [-0.39, 0.29) is 0 Å². The molecule has 1 aliphatic heterocycles. The standard InChI is InChI=1S/C21H18N6S2/c1-15-13-28-20(22-15)25-19(17-9-5-3-6-10-17)24-26(18-11-7-4-8-12-18)27(25)21-23-16(2)14-29-21/h3-14H,1-2H3. The number of rotatable bonds is 4. The summed E-state index contributed by atoms with van der Waals surface area (Å²) in [6, 6.07) is 20.3. The molecule has 0 unspecified atom stereocenters. The van der Waals surface area contributed by atoms with Gasteiger partial charge in [-0.15, -0.1) is 38.0 Å². The minimum atomic E-state index is 0.802. The highest BCUT2D eigenvalue weighted by Gasteiger charge is 2.38. The minimum absolute atomic E-state index is 0.802. The molecular weight excluding hydrogens is 400 g/mol. The zero-order valence-corrected chi connectivity index (χ0v) is 17.6. The number of benzene rings is 2. The Morgan fingerprint density at radius 1 is 0.724 bits per heavy atom. The first-order valence-electron chi connectivity index (χ1n) is 9.14. The highest BCUT2D eigenvalue weighted by Crippen LogP contribution is 2.37. The molecule has 2 aromatic carbocycles. The van der Waals surface area contributed by atoms with Crippen LogP contribution in [0.25, 0.3) is 0 Å². The maximum atomic E-state index is 5.00. The Labute approximate surface area is 176 Å². The normalized spacial score (nSPS) is 13.9. The second-order valence-electron chi connectivity index (χ2n) is 6.56. The molecule has 0 spiro atoms. The highest BCUT2D eigenvalue weighted by atomic mass is 32.1. The first kappa shape index (κ1) is 17.8. The van der Waals surface area contributed by atoms with E-state index in [1.54, 1.807) is 22.7 Å². The summed E-state index contributed by atoms with van der Waals surface area (Å²) in [5.41, 5.74) is 3.91. The van der Waals surface area contributed by atoms with E-state index in [1.165, 1.54) is 0 Å². The van der Waals surface area contributed by atoms with Crippen LogP contribution in [-0.2, 0) is 0 Å². The van der Waals surface area contributed by atoms with Crippen LogP contribution in [0.4, 0.5) is 16.0 Å². The van der Waals surface area contributed by atoms with Crippen LogP contribution in [0.1, 0.15) is 17.0 Å². The summed E-state index contributed by atoms with van der Waals surface area (Å²) in [7, 11) is 0. The lowest BCUT2D eigenvalue weighted by atomic mass is 10.2. The van der Waals surface area contributed by atoms with Gasteiger partial charge in [-0.1, -0.05) is 48.5 Å². The number of thiazole rings is 2. The number of amidine groups is 1. The van der Waals surface area contributed by atoms with Gasteiger partial charge in [0.2, 0.25) is 10.3 Å². The predicted octanol–water partition coefficient (Wildman–Crippen LogP) is 5.24. The van der Waals surface area contributed by atoms with E-state index < -0.39 is 0 Å². The van der Waals surface area contributed by atoms with E-state index in [9.17, 15) is 0 Å². The molecule has 3 heterocycles. The largest absolute Gasteiger partial charge is 0.228 e. The van der Waals surface area contributed by atoms with Crippen molar-refractivity contribution in [3.63, 3.8) is 0 Å². The molecule has 0 N–H and O–H groups in total. The summed E-state index contributed by atoms with van der Waals surface area (Å²) in [6.45, 7) is 4.00. The van der Waals surface area contributed by atoms with Crippen LogP contribution in [0.2, 0.25) is 0 Å². The lowest BCUT2D eigenvalue weighted by Crippen LogP contribution is -2.48. The van der Waals surface area contributed by atoms with Gasteiger partial charge in [-0.2, -0.15) is 5.01 Å². The molecule has 2 aromatic heterocycles. The fourth-order valence-electron chi connectivity index (χ4n) is 3.06. The number of aromatic nitrogens is 2. The molecule has 1 aliphatic rings. The Bertz CT molecular complexity index is 1150. The number of hydrogen-bond donors (Lipinski definition) is 0. The van der Waals surface area contributed by atoms with E-state index in [1.807, 2.05) is 83.0 Å². The van der Waals surface area contributed by atoms with Gasteiger partial charge in [0.05, 0.1) is 17.1 Å². The third-order valence-corrected chi connectivity index (χ3v) is 6.20. The Kier molecular flexibility index (Phi) is 4.49. The molecule has 4 aromatic rings. The van der Waals surface area contributed by atoms with Crippen molar-refractivity contribution in [3.05, 3.63) is 88.4 Å². The fraction of sp³-hybridized carbons (Fsp3) is 0.0952. The van der Waals surface area contributed by atoms with Crippen molar-refractivity contribution in [2.24, 2.45) is 5.10 Å². The molecule has 0 fully saturated rings. The van der Waals surface area contributed by atoms with E-state index in [4.69, 9.17) is 15.1 Å². The molecule has 0 aliphatic carbocycles. The number of hydrogen-bond acceptors (Lipinski definition) is 8. The smallest absolute Gasteiger partial charge is 0.224 e. The van der Waals surface area contributed by atoms with Crippen molar-refractivity contribution >= 4 is 44.5 Å². The van der Waals surface area contributed by atoms with E-state index in [0.717, 1.165) is 38.7 Å². The van der Waals surface area contributed by atoms with Crippen molar-refractivity contribution < 1.29 is 0 Å². The van der Waals surface area contributed by atoms with Crippen LogP contribution >= 0.6 is 22.7 Å². The average molecular weight is 419 g/mol. The van der Waals surface area contributed by atoms with Crippen molar-refractivity contribution in [2.75, 3.05) is 15.2 Å². The third-order valence-electron chi connectivity index (χ3n) is 4.34. The maximum absolute atomic E-state index is 5.00. The van der Waals surface area contributed by atoms with Gasteiger partial charge in [0.25, 0.3) is 0 Å². The molecule has 0 saturated carbocycles. The summed E-state index contributed by atoms with van der Waals surface area (Å²) in [6.07, 6.45) is 0. The van der Waals surface area contributed by atoms with E-state index >= 15 is 0 Å². The fourth-order valence-corrected chi connectivity index (χ4v) is 4.62. The summed E-state index contributed by atoms with van der Waals surface area (Å²) >= 11 is 3.17. The van der Waals surface area contributed by atoms with Crippen molar-refractivity contribution in [3.8, 4) is 0 Å². The molecule has 5 rings (SSSR count). The van der Waals surface area contributed by atoms with Crippen LogP contribution < -0.4 is 15.2 Å². The van der Waals surface area contributed by atoms with Crippen LogP contribution in [0, 0.1) is 13.8 Å². The molecule has 0 bridgehead atoms. The molecule has 0 saturated heterocycles. The highest BCUT2D eigenvalue weighted by molar-refractivity contribution is 7.14. The van der Waals surface area contributed by atoms with E-state index in [2.05, 4.69) is 17.5 Å². The number of hydrazine groups is 2. The Hall–Kier alpha value is -3.23. The summed E-state index contributed by atoms with van der Waals surface area (Å²) in [4.78, 5) is 9.49. The molecule has 0 atom stereocenters. The number of para-hydroxylation sites is 1. The average Bonchev–Trinajstić information content (AvgIpc) is 3.47. The van der Waals surface area contributed by atoms with Gasteiger partial charge >= 0.3 is 0 Å². The molecule has 0 radical (unpaired) electrons. The predicted molar refractivity (Wildman–Crippen MR) is 121 cm³/mol. The lowest BCUT2D eigenvalue weighted by molar-refractivity contribution is 0.808. The quantitative estimate of drug-likeness (QED) is 0.453. The Balaban J connectivity index is 1.72. The van der Waals surface area contributed by atoms with Crippen molar-refractivity contribution in [2.45, 2.75) is 13.8 Å². The molecule has 8 heteroatoms. The van der Waals surface area contributed by atoms with Crippen LogP contribution in [-0.4, -0.2) is 15.8 Å². The SMILES string of the molecule is Cc1csc(N2C(c3ccccc3)=NN(c3ccccc3)N2c2nc(C)cs2)n1. The maximum Gasteiger partial charge on any atom is 0.228 e. The van der Waals surface area contributed by atoms with Crippen molar-refractivity contribution in [1.82, 2.24) is 9.97 Å². The molecule has 0 amide bonds. The van der Waals surface area contributed by atoms with Gasteiger partial charge < -0.3 is 0 Å². The van der Waals surface area contributed by atoms with Gasteiger partial charge in [-0.25, -0.2) is 9.97 Å². The van der Waals surface area contributed by atoms with Gasteiger partial charge in [0, 0.05) is 16.3 Å². The molecular formula is C21H18N6S2. The molecule has 29 heavy (non-hydrogen) atoms. The number of anilines is 3. The monoisotopic (exact) mass is 418 g/mol. The number of nitrogens with zero attached hydrogens (tertiary/aromatic N) is 6. The second kappa shape index (κ2) is 7.31. The topological polar surface area (TPSA) is 47.9 Å². The van der Waals surface area contributed by atoms with Crippen LogP contribution in [0.3, 0.4) is 0 Å². The van der Waals surface area contributed by atoms with Crippen LogP contribution in [0.15, 0.2) is 76.5 Å².